The Morgan fingerprint density at radius 1 is 1.32 bits per heavy atom. The number of aromatic nitrogens is 2. The number of rotatable bonds is 4. The summed E-state index contributed by atoms with van der Waals surface area (Å²) < 4.78 is 1.66. The van der Waals surface area contributed by atoms with Crippen LogP contribution in [0.1, 0.15) is 45.4 Å². The zero-order chi connectivity index (χ0) is 17.8. The molecule has 0 atom stereocenters. The molecule has 1 aromatic heterocycles. The van der Waals surface area contributed by atoms with Crippen molar-refractivity contribution < 1.29 is 5.21 Å². The van der Waals surface area contributed by atoms with E-state index in [-0.39, 0.29) is 11.0 Å². The Morgan fingerprint density at radius 3 is 2.76 bits per heavy atom. The maximum atomic E-state index is 12.6. The number of aryl methyl sites for hydroxylation is 1. The molecule has 3 rings (SSSR count). The van der Waals surface area contributed by atoms with E-state index < -0.39 is 0 Å². The van der Waals surface area contributed by atoms with Crippen LogP contribution in [0.4, 0.5) is 5.69 Å². The molecule has 0 amide bonds. The van der Waals surface area contributed by atoms with Gasteiger partial charge in [0, 0.05) is 36.9 Å². The highest BCUT2D eigenvalue weighted by Crippen LogP contribution is 2.27. The van der Waals surface area contributed by atoms with Gasteiger partial charge in [0.1, 0.15) is 0 Å². The van der Waals surface area contributed by atoms with Crippen LogP contribution in [0.5, 0.6) is 0 Å². The highest BCUT2D eigenvalue weighted by atomic mass is 16.4. The smallest absolute Gasteiger partial charge is 0.299 e. The zero-order valence-electron chi connectivity index (χ0n) is 15.0. The largest absolute Gasteiger partial charge is 0.409 e. The fourth-order valence-electron chi connectivity index (χ4n) is 3.70. The molecular formula is C19H26N4O2. The van der Waals surface area contributed by atoms with Gasteiger partial charge in [-0.05, 0) is 37.5 Å². The Hall–Kier alpha value is -2.37. The predicted octanol–water partition coefficient (Wildman–Crippen LogP) is 2.87. The summed E-state index contributed by atoms with van der Waals surface area (Å²) in [5.74, 6) is 0. The average Bonchev–Trinajstić information content (AvgIpc) is 2.79. The molecule has 1 N–H and O–H groups in total. The van der Waals surface area contributed by atoms with E-state index in [1.54, 1.807) is 10.8 Å². The fourth-order valence-corrected chi connectivity index (χ4v) is 3.70. The van der Waals surface area contributed by atoms with Crippen LogP contribution in [0.15, 0.2) is 34.3 Å². The van der Waals surface area contributed by atoms with E-state index >= 15 is 0 Å². The Bertz CT molecular complexity index is 869. The number of hydrogen-bond donors (Lipinski definition) is 1. The third-order valence-corrected chi connectivity index (χ3v) is 5.14. The molecule has 1 fully saturated rings. The predicted molar refractivity (Wildman–Crippen MR) is 98.9 cm³/mol. The Labute approximate surface area is 147 Å². The molecule has 1 saturated carbocycles. The van der Waals surface area contributed by atoms with Crippen molar-refractivity contribution in [3.8, 4) is 0 Å². The first kappa shape index (κ1) is 17.5. The molecule has 0 unspecified atom stereocenters. The lowest BCUT2D eigenvalue weighted by Gasteiger charge is -2.33. The molecule has 25 heavy (non-hydrogen) atoms. The monoisotopic (exact) mass is 342 g/mol. The van der Waals surface area contributed by atoms with Gasteiger partial charge in [0.25, 0.3) is 11.0 Å². The lowest BCUT2D eigenvalue weighted by Crippen LogP contribution is -2.34. The number of anilines is 1. The van der Waals surface area contributed by atoms with Crippen molar-refractivity contribution in [3.63, 3.8) is 0 Å². The number of fused-ring (bicyclic) bond motifs is 1. The molecular weight excluding hydrogens is 316 g/mol. The molecule has 1 aromatic carbocycles. The van der Waals surface area contributed by atoms with Gasteiger partial charge in [-0.25, -0.2) is 4.98 Å². The van der Waals surface area contributed by atoms with Crippen LogP contribution in [0, 0.1) is 0 Å². The van der Waals surface area contributed by atoms with E-state index in [2.05, 4.69) is 34.2 Å². The average molecular weight is 342 g/mol. The maximum absolute atomic E-state index is 12.6. The molecule has 0 saturated heterocycles. The molecule has 0 radical (unpaired) electrons. The number of benzene rings is 1. The van der Waals surface area contributed by atoms with Crippen LogP contribution in [0.3, 0.4) is 0 Å². The first-order valence-electron chi connectivity index (χ1n) is 9.10. The maximum Gasteiger partial charge on any atom is 0.299 e. The van der Waals surface area contributed by atoms with Crippen LogP contribution in [-0.2, 0) is 6.54 Å². The SMILES string of the molecule is CCCn1c(=O)/c(=N\O)ncc2ccc(N(C)C3CCCCC3)cc21. The minimum absolute atomic E-state index is 0.174. The van der Waals surface area contributed by atoms with E-state index in [4.69, 9.17) is 5.21 Å². The highest BCUT2D eigenvalue weighted by Gasteiger charge is 2.19. The normalized spacial score (nSPS) is 16.3. The lowest BCUT2D eigenvalue weighted by atomic mass is 9.94. The summed E-state index contributed by atoms with van der Waals surface area (Å²) in [6.07, 6.45) is 8.73. The quantitative estimate of drug-likeness (QED) is 0.685. The molecule has 2 aromatic rings. The van der Waals surface area contributed by atoms with Gasteiger partial charge in [-0.3, -0.25) is 4.79 Å². The van der Waals surface area contributed by atoms with E-state index in [9.17, 15) is 4.79 Å². The van der Waals surface area contributed by atoms with Gasteiger partial charge in [0.05, 0.1) is 5.52 Å². The number of hydrogen-bond acceptors (Lipinski definition) is 5. The summed E-state index contributed by atoms with van der Waals surface area (Å²) in [7, 11) is 2.13. The first-order chi connectivity index (χ1) is 12.2. The molecule has 0 bridgehead atoms. The second kappa shape index (κ2) is 7.68. The molecule has 1 aliphatic carbocycles. The van der Waals surface area contributed by atoms with Crippen LogP contribution in [0.2, 0.25) is 0 Å². The van der Waals surface area contributed by atoms with Crippen LogP contribution in [0.25, 0.3) is 10.9 Å². The number of nitrogens with zero attached hydrogens (tertiary/aromatic N) is 4. The van der Waals surface area contributed by atoms with Gasteiger partial charge in [0.15, 0.2) is 0 Å². The third-order valence-electron chi connectivity index (χ3n) is 5.14. The summed E-state index contributed by atoms with van der Waals surface area (Å²) in [5.41, 5.74) is 1.40. The van der Waals surface area contributed by atoms with Crippen LogP contribution < -0.4 is 15.9 Å². The fraction of sp³-hybridized carbons (Fsp3) is 0.526. The summed E-state index contributed by atoms with van der Waals surface area (Å²) >= 11 is 0. The van der Waals surface area contributed by atoms with Crippen molar-refractivity contribution in [1.29, 1.82) is 0 Å². The van der Waals surface area contributed by atoms with Crippen molar-refractivity contribution in [2.24, 2.45) is 5.16 Å². The molecule has 0 aliphatic heterocycles. The summed E-state index contributed by atoms with van der Waals surface area (Å²) in [6.45, 7) is 2.58. The van der Waals surface area contributed by atoms with Crippen LogP contribution >= 0.6 is 0 Å². The van der Waals surface area contributed by atoms with Gasteiger partial charge in [-0.1, -0.05) is 31.3 Å². The summed E-state index contributed by atoms with van der Waals surface area (Å²) in [6, 6.07) is 6.68. The van der Waals surface area contributed by atoms with Crippen molar-refractivity contribution in [3.05, 3.63) is 40.2 Å². The first-order valence-corrected chi connectivity index (χ1v) is 9.10. The van der Waals surface area contributed by atoms with E-state index in [1.807, 2.05) is 13.0 Å². The molecule has 6 nitrogen and oxygen atoms in total. The Kier molecular flexibility index (Phi) is 5.36. The molecule has 1 heterocycles. The van der Waals surface area contributed by atoms with E-state index in [1.165, 1.54) is 32.1 Å². The standard InChI is InChI=1S/C19H26N4O2/c1-3-11-23-17-12-16(22(2)15-7-5-4-6-8-15)10-9-14(17)13-20-18(21-25)19(23)24/h9-10,12-13,15,25H,3-8,11H2,1-2H3/b21-18+. The Morgan fingerprint density at radius 2 is 2.08 bits per heavy atom. The lowest BCUT2D eigenvalue weighted by molar-refractivity contribution is 0.297. The van der Waals surface area contributed by atoms with Crippen LogP contribution in [-0.4, -0.2) is 27.8 Å². The van der Waals surface area contributed by atoms with Gasteiger partial charge < -0.3 is 14.7 Å². The van der Waals surface area contributed by atoms with E-state index in [0.717, 1.165) is 23.0 Å². The molecule has 1 aliphatic rings. The molecule has 6 heteroatoms. The second-order valence-corrected chi connectivity index (χ2v) is 6.78. The van der Waals surface area contributed by atoms with Crippen molar-refractivity contribution in [1.82, 2.24) is 9.55 Å². The summed E-state index contributed by atoms with van der Waals surface area (Å²) in [4.78, 5) is 19.0. The third kappa shape index (κ3) is 3.52. The van der Waals surface area contributed by atoms with Gasteiger partial charge in [0.2, 0.25) is 0 Å². The van der Waals surface area contributed by atoms with Gasteiger partial charge in [-0.15, -0.1) is 0 Å². The van der Waals surface area contributed by atoms with Gasteiger partial charge in [-0.2, -0.15) is 0 Å². The minimum atomic E-state index is -0.364. The second-order valence-electron chi connectivity index (χ2n) is 6.78. The van der Waals surface area contributed by atoms with Gasteiger partial charge >= 0.3 is 0 Å². The van der Waals surface area contributed by atoms with Crippen molar-refractivity contribution in [2.75, 3.05) is 11.9 Å². The Balaban J connectivity index is 2.15. The minimum Gasteiger partial charge on any atom is -0.409 e. The summed E-state index contributed by atoms with van der Waals surface area (Å²) in [5, 5.41) is 13.0. The van der Waals surface area contributed by atoms with Crippen molar-refractivity contribution >= 4 is 16.6 Å². The molecule has 0 spiro atoms. The topological polar surface area (TPSA) is 70.7 Å². The zero-order valence-corrected chi connectivity index (χ0v) is 15.0. The van der Waals surface area contributed by atoms with E-state index in [0.29, 0.717) is 12.6 Å². The van der Waals surface area contributed by atoms with Crippen molar-refractivity contribution in [2.45, 2.75) is 58.0 Å². The highest BCUT2D eigenvalue weighted by molar-refractivity contribution is 5.82. The molecule has 134 valence electrons.